The first-order valence-corrected chi connectivity index (χ1v) is 7.77. The molecule has 3 amide bonds. The largest absolute Gasteiger partial charge is 0.350 e. The Morgan fingerprint density at radius 2 is 1.86 bits per heavy atom. The summed E-state index contributed by atoms with van der Waals surface area (Å²) in [6.45, 7) is 11.1. The van der Waals surface area contributed by atoms with E-state index in [9.17, 15) is 9.59 Å². The second-order valence-electron chi connectivity index (χ2n) is 6.09. The molecule has 1 rings (SSSR count). The van der Waals surface area contributed by atoms with Crippen LogP contribution in [0.1, 0.15) is 51.4 Å². The molecule has 0 saturated heterocycles. The lowest BCUT2D eigenvalue weighted by Gasteiger charge is -2.24. The van der Waals surface area contributed by atoms with Crippen LogP contribution in [0.25, 0.3) is 0 Å². The Labute approximate surface area is 129 Å². The number of carbonyl (C=O) groups excluding carboxylic acids is 2. The number of carbonyl (C=O) groups is 2. The van der Waals surface area contributed by atoms with Crippen molar-refractivity contribution in [2.24, 2.45) is 0 Å². The van der Waals surface area contributed by atoms with E-state index in [4.69, 9.17) is 0 Å². The quantitative estimate of drug-likeness (QED) is 0.796. The van der Waals surface area contributed by atoms with Crippen molar-refractivity contribution in [3.8, 4) is 0 Å². The van der Waals surface area contributed by atoms with E-state index in [1.807, 2.05) is 40.0 Å². The molecular weight excluding hydrogens is 288 g/mol. The van der Waals surface area contributed by atoms with Crippen LogP contribution >= 0.6 is 11.3 Å². The molecule has 2 atom stereocenters. The molecule has 0 aliphatic rings. The fraction of sp³-hybridized carbons (Fsp3) is 0.643. The van der Waals surface area contributed by atoms with Crippen molar-refractivity contribution in [2.45, 2.75) is 59.2 Å². The molecule has 1 aromatic heterocycles. The maximum absolute atomic E-state index is 11.9. The van der Waals surface area contributed by atoms with Gasteiger partial charge in [0.1, 0.15) is 6.04 Å². The summed E-state index contributed by atoms with van der Waals surface area (Å²) in [4.78, 5) is 28.1. The zero-order valence-corrected chi connectivity index (χ0v) is 14.2. The van der Waals surface area contributed by atoms with Gasteiger partial charge in [-0.15, -0.1) is 11.3 Å². The average molecular weight is 312 g/mol. The number of urea groups is 1. The molecule has 0 radical (unpaired) electrons. The number of hydrogen-bond acceptors (Lipinski definition) is 4. The average Bonchev–Trinajstić information content (AvgIpc) is 2.73. The van der Waals surface area contributed by atoms with Crippen LogP contribution in [-0.2, 0) is 4.79 Å². The summed E-state index contributed by atoms with van der Waals surface area (Å²) >= 11 is 1.54. The summed E-state index contributed by atoms with van der Waals surface area (Å²) in [5.74, 6) is -0.213. The van der Waals surface area contributed by atoms with Crippen molar-refractivity contribution in [3.63, 3.8) is 0 Å². The summed E-state index contributed by atoms with van der Waals surface area (Å²) in [7, 11) is 0. The van der Waals surface area contributed by atoms with Crippen LogP contribution in [0, 0.1) is 6.92 Å². The molecule has 0 unspecified atom stereocenters. The summed E-state index contributed by atoms with van der Waals surface area (Å²) < 4.78 is 0. The maximum atomic E-state index is 11.9. The number of aryl methyl sites for hydroxylation is 1. The van der Waals surface area contributed by atoms with Gasteiger partial charge in [-0.1, -0.05) is 0 Å². The molecule has 0 aromatic carbocycles. The molecule has 6 nitrogen and oxygen atoms in total. The number of nitrogens with zero attached hydrogens (tertiary/aromatic N) is 1. The molecule has 0 spiro atoms. The van der Waals surface area contributed by atoms with E-state index in [1.165, 1.54) is 11.3 Å². The highest BCUT2D eigenvalue weighted by atomic mass is 32.1. The van der Waals surface area contributed by atoms with E-state index < -0.39 is 6.04 Å². The van der Waals surface area contributed by atoms with E-state index in [0.29, 0.717) is 0 Å². The highest BCUT2D eigenvalue weighted by Crippen LogP contribution is 2.15. The van der Waals surface area contributed by atoms with Crippen molar-refractivity contribution in [2.75, 3.05) is 0 Å². The third kappa shape index (κ3) is 6.12. The maximum Gasteiger partial charge on any atom is 0.315 e. The third-order valence-electron chi connectivity index (χ3n) is 2.67. The molecule has 7 heteroatoms. The summed E-state index contributed by atoms with van der Waals surface area (Å²) in [6, 6.07) is -1.19. The topological polar surface area (TPSA) is 83.1 Å². The standard InChI is InChI=1S/C14H24N4O2S/c1-8(11-7-21-10(3)17-11)15-13(20)16-9(2)12(19)18-14(4,5)6/h7-9H,1-6H3,(H,18,19)(H2,15,16,20)/t8-,9+/m1/s1. The summed E-state index contributed by atoms with van der Waals surface area (Å²) in [6.07, 6.45) is 0. The SMILES string of the molecule is Cc1nc([C@@H](C)NC(=O)N[C@@H](C)C(=O)NC(C)(C)C)cs1. The lowest BCUT2D eigenvalue weighted by atomic mass is 10.1. The number of thiazole rings is 1. The predicted octanol–water partition coefficient (Wildman–Crippen LogP) is 2.11. The minimum absolute atomic E-state index is 0.201. The highest BCUT2D eigenvalue weighted by Gasteiger charge is 2.21. The summed E-state index contributed by atoms with van der Waals surface area (Å²) in [5.41, 5.74) is 0.494. The Morgan fingerprint density at radius 1 is 1.24 bits per heavy atom. The van der Waals surface area contributed by atoms with Crippen LogP contribution in [0.4, 0.5) is 4.79 Å². The van der Waals surface area contributed by atoms with Gasteiger partial charge in [-0.2, -0.15) is 0 Å². The highest BCUT2D eigenvalue weighted by molar-refractivity contribution is 7.09. The van der Waals surface area contributed by atoms with Gasteiger partial charge in [-0.3, -0.25) is 4.79 Å². The fourth-order valence-corrected chi connectivity index (χ4v) is 2.34. The van der Waals surface area contributed by atoms with Crippen molar-refractivity contribution in [3.05, 3.63) is 16.1 Å². The zero-order chi connectivity index (χ0) is 16.2. The van der Waals surface area contributed by atoms with Gasteiger partial charge in [0.05, 0.1) is 16.7 Å². The van der Waals surface area contributed by atoms with Crippen LogP contribution < -0.4 is 16.0 Å². The molecule has 0 aliphatic carbocycles. The number of aromatic nitrogens is 1. The Morgan fingerprint density at radius 3 is 2.33 bits per heavy atom. The molecule has 3 N–H and O–H groups in total. The lowest BCUT2D eigenvalue weighted by Crippen LogP contribution is -2.52. The lowest BCUT2D eigenvalue weighted by molar-refractivity contribution is -0.123. The first-order valence-electron chi connectivity index (χ1n) is 6.89. The Hall–Kier alpha value is -1.63. The second-order valence-corrected chi connectivity index (χ2v) is 7.15. The van der Waals surface area contributed by atoms with E-state index in [2.05, 4.69) is 20.9 Å². The van der Waals surface area contributed by atoms with E-state index >= 15 is 0 Å². The van der Waals surface area contributed by atoms with Crippen molar-refractivity contribution >= 4 is 23.3 Å². The number of nitrogens with one attached hydrogen (secondary N) is 3. The third-order valence-corrected chi connectivity index (χ3v) is 3.46. The van der Waals surface area contributed by atoms with Crippen molar-refractivity contribution < 1.29 is 9.59 Å². The second kappa shape index (κ2) is 6.89. The van der Waals surface area contributed by atoms with Crippen molar-refractivity contribution in [1.82, 2.24) is 20.9 Å². The Kier molecular flexibility index (Phi) is 5.71. The Bertz CT molecular complexity index is 507. The minimum Gasteiger partial charge on any atom is -0.350 e. The number of hydrogen-bond donors (Lipinski definition) is 3. The predicted molar refractivity (Wildman–Crippen MR) is 84.3 cm³/mol. The molecule has 1 heterocycles. The van der Waals surface area contributed by atoms with Crippen molar-refractivity contribution in [1.29, 1.82) is 0 Å². The van der Waals surface area contributed by atoms with Crippen LogP contribution in [0.5, 0.6) is 0 Å². The number of amides is 3. The minimum atomic E-state index is -0.603. The molecular formula is C14H24N4O2S. The van der Waals surface area contributed by atoms with Crippen LogP contribution in [0.3, 0.4) is 0 Å². The smallest absolute Gasteiger partial charge is 0.315 e. The van der Waals surface area contributed by atoms with Gasteiger partial charge in [-0.25, -0.2) is 9.78 Å². The van der Waals surface area contributed by atoms with Gasteiger partial charge < -0.3 is 16.0 Å². The van der Waals surface area contributed by atoms with E-state index in [1.54, 1.807) is 6.92 Å². The molecule has 1 aromatic rings. The zero-order valence-electron chi connectivity index (χ0n) is 13.4. The molecule has 0 aliphatic heterocycles. The van der Waals surface area contributed by atoms with E-state index in [0.717, 1.165) is 10.7 Å². The van der Waals surface area contributed by atoms with Gasteiger partial charge in [0.2, 0.25) is 5.91 Å². The number of rotatable bonds is 4. The van der Waals surface area contributed by atoms with Crippen LogP contribution in [0.2, 0.25) is 0 Å². The van der Waals surface area contributed by atoms with Gasteiger partial charge >= 0.3 is 6.03 Å². The molecule has 0 bridgehead atoms. The summed E-state index contributed by atoms with van der Waals surface area (Å²) in [5, 5.41) is 11.1. The van der Waals surface area contributed by atoms with Gasteiger partial charge in [-0.05, 0) is 41.5 Å². The monoisotopic (exact) mass is 312 g/mol. The van der Waals surface area contributed by atoms with Crippen LogP contribution in [-0.4, -0.2) is 28.5 Å². The first kappa shape index (κ1) is 17.4. The van der Waals surface area contributed by atoms with E-state index in [-0.39, 0.29) is 23.5 Å². The van der Waals surface area contributed by atoms with Gasteiger partial charge in [0.15, 0.2) is 0 Å². The molecule has 118 valence electrons. The molecule has 0 saturated carbocycles. The molecule has 0 fully saturated rings. The normalized spacial score (nSPS) is 14.2. The molecule has 21 heavy (non-hydrogen) atoms. The first-order chi connectivity index (χ1) is 9.58. The van der Waals surface area contributed by atoms with Gasteiger partial charge in [0.25, 0.3) is 0 Å². The van der Waals surface area contributed by atoms with Gasteiger partial charge in [0, 0.05) is 10.9 Å². The van der Waals surface area contributed by atoms with Crippen LogP contribution in [0.15, 0.2) is 5.38 Å². The fourth-order valence-electron chi connectivity index (χ4n) is 1.63. The Balaban J connectivity index is 2.48.